The summed E-state index contributed by atoms with van der Waals surface area (Å²) in [5.74, 6) is -0.224. The van der Waals surface area contributed by atoms with Crippen molar-refractivity contribution in [2.24, 2.45) is 0 Å². The molecule has 4 aromatic rings. The molecule has 0 radical (unpaired) electrons. The van der Waals surface area contributed by atoms with Crippen molar-refractivity contribution in [2.45, 2.75) is 18.7 Å². The van der Waals surface area contributed by atoms with Crippen molar-refractivity contribution in [1.82, 2.24) is 0 Å². The van der Waals surface area contributed by atoms with Gasteiger partial charge in [-0.3, -0.25) is 9.10 Å². The molecule has 0 spiro atoms. The summed E-state index contributed by atoms with van der Waals surface area (Å²) in [6, 6.07) is 19.0. The van der Waals surface area contributed by atoms with Gasteiger partial charge in [-0.05, 0) is 91.5 Å². The number of thiophene rings is 1. The second kappa shape index (κ2) is 9.46. The Bertz CT molecular complexity index is 1450. The second-order valence-electron chi connectivity index (χ2n) is 7.37. The van der Waals surface area contributed by atoms with Crippen molar-refractivity contribution in [3.8, 4) is 0 Å². The van der Waals surface area contributed by atoms with Crippen molar-refractivity contribution in [3.63, 3.8) is 0 Å². The third kappa shape index (κ3) is 4.94. The van der Waals surface area contributed by atoms with E-state index in [0.29, 0.717) is 21.3 Å². The van der Waals surface area contributed by atoms with E-state index in [1.807, 2.05) is 13.0 Å². The number of anilines is 2. The van der Waals surface area contributed by atoms with Gasteiger partial charge >= 0.3 is 0 Å². The van der Waals surface area contributed by atoms with Crippen molar-refractivity contribution >= 4 is 76.3 Å². The Labute approximate surface area is 210 Å². The fourth-order valence-electron chi connectivity index (χ4n) is 3.47. The van der Waals surface area contributed by atoms with Gasteiger partial charge in [0.15, 0.2) is 0 Å². The molecule has 0 saturated carbocycles. The highest BCUT2D eigenvalue weighted by Gasteiger charge is 2.24. The smallest absolute Gasteiger partial charge is 0.265 e. The summed E-state index contributed by atoms with van der Waals surface area (Å²) in [6.45, 7) is 3.95. The maximum atomic E-state index is 13.2. The highest BCUT2D eigenvalue weighted by molar-refractivity contribution is 9.10. The van der Waals surface area contributed by atoms with Gasteiger partial charge in [0.25, 0.3) is 15.9 Å². The van der Waals surface area contributed by atoms with Crippen LogP contribution in [-0.4, -0.2) is 20.9 Å². The van der Waals surface area contributed by atoms with Gasteiger partial charge in [0, 0.05) is 26.4 Å². The maximum absolute atomic E-state index is 13.2. The van der Waals surface area contributed by atoms with Crippen LogP contribution < -0.4 is 9.62 Å². The van der Waals surface area contributed by atoms with Gasteiger partial charge in [0.05, 0.1) is 15.5 Å². The molecular weight excluding hydrogens is 544 g/mol. The van der Waals surface area contributed by atoms with Gasteiger partial charge in [-0.25, -0.2) is 8.42 Å². The maximum Gasteiger partial charge on any atom is 0.265 e. The van der Waals surface area contributed by atoms with Crippen LogP contribution in [0.3, 0.4) is 0 Å². The third-order valence-corrected chi connectivity index (χ3v) is 8.93. The highest BCUT2D eigenvalue weighted by Crippen LogP contribution is 2.32. The van der Waals surface area contributed by atoms with Gasteiger partial charge in [-0.15, -0.1) is 11.3 Å². The van der Waals surface area contributed by atoms with Crippen molar-refractivity contribution in [1.29, 1.82) is 0 Å². The zero-order valence-corrected chi connectivity index (χ0v) is 21.8. The largest absolute Gasteiger partial charge is 0.321 e. The monoisotopic (exact) mass is 562 g/mol. The minimum absolute atomic E-state index is 0.219. The molecule has 0 saturated heterocycles. The first-order valence-electron chi connectivity index (χ1n) is 10.1. The molecule has 1 N–H and O–H groups in total. The number of halogens is 2. The minimum Gasteiger partial charge on any atom is -0.321 e. The molecule has 0 atom stereocenters. The zero-order valence-electron chi connectivity index (χ0n) is 17.8. The van der Waals surface area contributed by atoms with Crippen LogP contribution in [-0.2, 0) is 10.0 Å². The van der Waals surface area contributed by atoms with E-state index >= 15 is 0 Å². The average Bonchev–Trinajstić information content (AvgIpc) is 3.20. The first-order valence-corrected chi connectivity index (χ1v) is 13.5. The number of amides is 1. The van der Waals surface area contributed by atoms with E-state index in [0.717, 1.165) is 20.1 Å². The van der Waals surface area contributed by atoms with Gasteiger partial charge < -0.3 is 5.32 Å². The molecule has 170 valence electrons. The molecule has 1 amide bonds. The van der Waals surface area contributed by atoms with Crippen LogP contribution in [0.25, 0.3) is 10.1 Å². The molecule has 4 rings (SSSR count). The molecule has 0 aliphatic carbocycles. The van der Waals surface area contributed by atoms with Gasteiger partial charge in [-0.2, -0.15) is 0 Å². The number of nitrogens with one attached hydrogen (secondary N) is 1. The summed E-state index contributed by atoms with van der Waals surface area (Å²) in [6.07, 6.45) is 0. The Morgan fingerprint density at radius 2 is 1.79 bits per heavy atom. The molecule has 9 heteroatoms. The number of fused-ring (bicyclic) bond motifs is 1. The lowest BCUT2D eigenvalue weighted by atomic mass is 10.2. The molecule has 0 bridgehead atoms. The van der Waals surface area contributed by atoms with Crippen LogP contribution in [0.5, 0.6) is 0 Å². The number of carbonyl (C=O) groups is 1. The van der Waals surface area contributed by atoms with Crippen LogP contribution in [0.2, 0.25) is 5.02 Å². The van der Waals surface area contributed by atoms with Crippen LogP contribution in [0.4, 0.5) is 11.4 Å². The fourth-order valence-corrected chi connectivity index (χ4v) is 6.37. The second-order valence-corrected chi connectivity index (χ2v) is 11.7. The summed E-state index contributed by atoms with van der Waals surface area (Å²) < 4.78 is 29.5. The number of nitrogens with zero attached hydrogens (tertiary/aromatic N) is 1. The van der Waals surface area contributed by atoms with E-state index in [-0.39, 0.29) is 17.3 Å². The van der Waals surface area contributed by atoms with E-state index in [1.54, 1.807) is 67.6 Å². The molecule has 0 fully saturated rings. The molecule has 0 aliphatic rings. The average molecular weight is 564 g/mol. The minimum atomic E-state index is -3.72. The zero-order chi connectivity index (χ0) is 23.8. The Hall–Kier alpha value is -2.39. The lowest BCUT2D eigenvalue weighted by molar-refractivity contribution is 0.103. The van der Waals surface area contributed by atoms with Gasteiger partial charge in [-0.1, -0.05) is 27.5 Å². The molecular formula is C24H20BrClN2O3S2. The van der Waals surface area contributed by atoms with Crippen molar-refractivity contribution < 1.29 is 13.2 Å². The number of hydrogen-bond donors (Lipinski definition) is 1. The van der Waals surface area contributed by atoms with Crippen LogP contribution in [0.1, 0.15) is 22.2 Å². The lowest BCUT2D eigenvalue weighted by Crippen LogP contribution is -2.30. The van der Waals surface area contributed by atoms with E-state index < -0.39 is 10.0 Å². The van der Waals surface area contributed by atoms with E-state index in [9.17, 15) is 13.2 Å². The van der Waals surface area contributed by atoms with Crippen LogP contribution in [0, 0.1) is 6.92 Å². The third-order valence-electron chi connectivity index (χ3n) is 5.14. The highest BCUT2D eigenvalue weighted by atomic mass is 79.9. The molecule has 33 heavy (non-hydrogen) atoms. The van der Waals surface area contributed by atoms with Gasteiger partial charge in [0.2, 0.25) is 0 Å². The molecule has 1 aromatic heterocycles. The summed E-state index contributed by atoms with van der Waals surface area (Å²) in [5, 5.41) is 4.33. The number of rotatable bonds is 6. The molecule has 0 unspecified atom stereocenters. The molecule has 3 aromatic carbocycles. The van der Waals surface area contributed by atoms with Crippen molar-refractivity contribution in [2.75, 3.05) is 16.2 Å². The number of hydrogen-bond acceptors (Lipinski definition) is 4. The molecule has 1 heterocycles. The summed E-state index contributed by atoms with van der Waals surface area (Å²) in [5.41, 5.74) is 2.11. The number of aryl methyl sites for hydroxylation is 1. The van der Waals surface area contributed by atoms with Crippen LogP contribution >= 0.6 is 38.9 Å². The predicted octanol–water partition coefficient (Wildman–Crippen LogP) is 7.09. The Kier molecular flexibility index (Phi) is 6.81. The summed E-state index contributed by atoms with van der Waals surface area (Å²) >= 11 is 10.7. The fraction of sp³-hybridized carbons (Fsp3) is 0.125. The van der Waals surface area contributed by atoms with E-state index in [1.165, 1.54) is 15.6 Å². The Morgan fingerprint density at radius 1 is 1.06 bits per heavy atom. The van der Waals surface area contributed by atoms with E-state index in [2.05, 4.69) is 21.2 Å². The van der Waals surface area contributed by atoms with E-state index in [4.69, 9.17) is 11.6 Å². The first-order chi connectivity index (χ1) is 15.7. The Balaban J connectivity index is 1.64. The standard InChI is InChI=1S/C24H20BrClN2O3S2/c1-3-28(33(30,31)20-8-4-17(25)5-9-20)19-7-11-22-16(13-19)14-23(32-22)24(29)27-21-10-6-18(26)12-15(21)2/h4-14H,3H2,1-2H3,(H,27,29). The molecule has 0 aliphatic heterocycles. The predicted molar refractivity (Wildman–Crippen MR) is 140 cm³/mol. The number of carbonyl (C=O) groups excluding carboxylic acids is 1. The first kappa shape index (κ1) is 23.8. The lowest BCUT2D eigenvalue weighted by Gasteiger charge is -2.23. The van der Waals surface area contributed by atoms with Crippen molar-refractivity contribution in [3.05, 3.63) is 86.7 Å². The quantitative estimate of drug-likeness (QED) is 0.272. The Morgan fingerprint density at radius 3 is 2.45 bits per heavy atom. The SMILES string of the molecule is CCN(c1ccc2sc(C(=O)Nc3ccc(Cl)cc3C)cc2c1)S(=O)(=O)c1ccc(Br)cc1. The topological polar surface area (TPSA) is 66.5 Å². The van der Waals surface area contributed by atoms with Gasteiger partial charge in [0.1, 0.15) is 0 Å². The normalized spacial score (nSPS) is 11.5. The number of sulfonamides is 1. The van der Waals surface area contributed by atoms with Crippen LogP contribution in [0.15, 0.2) is 76.1 Å². The summed E-state index contributed by atoms with van der Waals surface area (Å²) in [4.78, 5) is 13.6. The molecule has 5 nitrogen and oxygen atoms in total. The summed E-state index contributed by atoms with van der Waals surface area (Å²) in [7, 11) is -3.72. The number of benzene rings is 3.